The van der Waals surface area contributed by atoms with Crippen LogP contribution in [0.5, 0.6) is 0 Å². The zero-order valence-electron chi connectivity index (χ0n) is 27.2. The standard InChI is InChI=1S/C24H38O4.C14H10O4/c1-3-5-7-9-11-15-19-27-23(25)21-17-13-14-18-22(21)24(26)28-20-16-12-10-8-6-4-2;15-13(11-7-3-1-4-8-11)17-18-14(16)12-9-5-2-6-10-12/h13-14,17-18H,3-12,15-16,19-20H2,1-2H3;1-10H. The zero-order valence-corrected chi connectivity index (χ0v) is 27.2. The van der Waals surface area contributed by atoms with Crippen molar-refractivity contribution in [2.75, 3.05) is 13.2 Å². The average molecular weight is 633 g/mol. The molecule has 0 radical (unpaired) electrons. The van der Waals surface area contributed by atoms with E-state index < -0.39 is 23.9 Å². The van der Waals surface area contributed by atoms with E-state index in [0.717, 1.165) is 25.7 Å². The van der Waals surface area contributed by atoms with E-state index in [-0.39, 0.29) is 0 Å². The fourth-order valence-corrected chi connectivity index (χ4v) is 4.41. The Bertz CT molecular complexity index is 1190. The first kappa shape index (κ1) is 37.7. The van der Waals surface area contributed by atoms with Crippen LogP contribution in [0.25, 0.3) is 0 Å². The van der Waals surface area contributed by atoms with Gasteiger partial charge in [-0.2, -0.15) is 0 Å². The predicted octanol–water partition coefficient (Wildman–Crippen LogP) is 9.34. The number of benzene rings is 3. The normalized spacial score (nSPS) is 10.2. The largest absolute Gasteiger partial charge is 0.462 e. The number of ether oxygens (including phenoxy) is 2. The first-order chi connectivity index (χ1) is 22.5. The average Bonchev–Trinajstić information content (AvgIpc) is 3.10. The highest BCUT2D eigenvalue weighted by Gasteiger charge is 2.19. The van der Waals surface area contributed by atoms with Gasteiger partial charge in [-0.1, -0.05) is 127 Å². The van der Waals surface area contributed by atoms with Crippen LogP contribution in [0.15, 0.2) is 84.9 Å². The molecule has 0 N–H and O–H groups in total. The number of esters is 2. The van der Waals surface area contributed by atoms with Crippen molar-refractivity contribution in [3.8, 4) is 0 Å². The van der Waals surface area contributed by atoms with Gasteiger partial charge in [0.05, 0.1) is 35.5 Å². The number of carbonyl (C=O) groups excluding carboxylic acids is 4. The van der Waals surface area contributed by atoms with Gasteiger partial charge in [-0.15, -0.1) is 0 Å². The maximum absolute atomic E-state index is 12.4. The van der Waals surface area contributed by atoms with Gasteiger partial charge < -0.3 is 9.47 Å². The summed E-state index contributed by atoms with van der Waals surface area (Å²) in [6.07, 6.45) is 13.6. The fourth-order valence-electron chi connectivity index (χ4n) is 4.41. The molecule has 3 rings (SSSR count). The quantitative estimate of drug-likeness (QED) is 0.0591. The summed E-state index contributed by atoms with van der Waals surface area (Å²) in [5.41, 5.74) is 1.22. The van der Waals surface area contributed by atoms with Crippen LogP contribution in [0.4, 0.5) is 0 Å². The van der Waals surface area contributed by atoms with E-state index in [0.29, 0.717) is 35.5 Å². The molecule has 0 saturated carbocycles. The lowest BCUT2D eigenvalue weighted by molar-refractivity contribution is -0.187. The first-order valence-electron chi connectivity index (χ1n) is 16.4. The lowest BCUT2D eigenvalue weighted by Crippen LogP contribution is -2.15. The summed E-state index contributed by atoms with van der Waals surface area (Å²) in [6.45, 7) is 5.17. The van der Waals surface area contributed by atoms with Gasteiger partial charge in [-0.3, -0.25) is 0 Å². The fraction of sp³-hybridized carbons (Fsp3) is 0.421. The van der Waals surface area contributed by atoms with E-state index in [1.807, 2.05) is 0 Å². The lowest BCUT2D eigenvalue weighted by atomic mass is 10.1. The Morgan fingerprint density at radius 3 is 1.11 bits per heavy atom. The van der Waals surface area contributed by atoms with Crippen molar-refractivity contribution in [2.45, 2.75) is 90.9 Å². The molecule has 8 nitrogen and oxygen atoms in total. The Morgan fingerprint density at radius 1 is 0.413 bits per heavy atom. The molecule has 0 aliphatic carbocycles. The predicted molar refractivity (Wildman–Crippen MR) is 177 cm³/mol. The summed E-state index contributed by atoms with van der Waals surface area (Å²) >= 11 is 0. The topological polar surface area (TPSA) is 105 Å². The van der Waals surface area contributed by atoms with Gasteiger partial charge in [0.2, 0.25) is 0 Å². The highest BCUT2D eigenvalue weighted by Crippen LogP contribution is 2.14. The molecule has 46 heavy (non-hydrogen) atoms. The minimum Gasteiger partial charge on any atom is -0.462 e. The second kappa shape index (κ2) is 23.9. The Labute approximate surface area is 273 Å². The van der Waals surface area contributed by atoms with Crippen LogP contribution in [0, 0.1) is 0 Å². The summed E-state index contributed by atoms with van der Waals surface area (Å²) in [4.78, 5) is 56.6. The minimum absolute atomic E-state index is 0.293. The molecule has 3 aromatic rings. The second-order valence-corrected chi connectivity index (χ2v) is 10.8. The van der Waals surface area contributed by atoms with Crippen LogP contribution in [-0.2, 0) is 19.2 Å². The van der Waals surface area contributed by atoms with Crippen molar-refractivity contribution in [2.24, 2.45) is 0 Å². The third-order valence-electron chi connectivity index (χ3n) is 7.04. The van der Waals surface area contributed by atoms with Crippen LogP contribution >= 0.6 is 0 Å². The molecule has 3 aromatic carbocycles. The zero-order chi connectivity index (χ0) is 33.2. The number of carbonyl (C=O) groups is 4. The van der Waals surface area contributed by atoms with E-state index in [4.69, 9.17) is 9.47 Å². The van der Waals surface area contributed by atoms with Gasteiger partial charge in [0.15, 0.2) is 0 Å². The van der Waals surface area contributed by atoms with Crippen molar-refractivity contribution >= 4 is 23.9 Å². The molecule has 0 aliphatic rings. The molecule has 0 spiro atoms. The van der Waals surface area contributed by atoms with Gasteiger partial charge in [-0.05, 0) is 49.2 Å². The van der Waals surface area contributed by atoms with E-state index in [1.165, 1.54) is 51.4 Å². The third-order valence-corrected chi connectivity index (χ3v) is 7.04. The molecule has 0 heterocycles. The molecule has 0 unspecified atom stereocenters. The molecule has 0 amide bonds. The summed E-state index contributed by atoms with van der Waals surface area (Å²) < 4.78 is 10.7. The maximum atomic E-state index is 12.4. The van der Waals surface area contributed by atoms with Crippen molar-refractivity contribution in [3.05, 3.63) is 107 Å². The van der Waals surface area contributed by atoms with E-state index in [9.17, 15) is 19.2 Å². The third kappa shape index (κ3) is 15.5. The smallest absolute Gasteiger partial charge is 0.386 e. The maximum Gasteiger partial charge on any atom is 0.386 e. The van der Waals surface area contributed by atoms with Crippen LogP contribution in [0.3, 0.4) is 0 Å². The van der Waals surface area contributed by atoms with Gasteiger partial charge in [-0.25, -0.2) is 29.0 Å². The highest BCUT2D eigenvalue weighted by molar-refractivity contribution is 6.03. The molecule has 0 aliphatic heterocycles. The van der Waals surface area contributed by atoms with Gasteiger partial charge in [0, 0.05) is 0 Å². The summed E-state index contributed by atoms with van der Waals surface area (Å²) in [6, 6.07) is 23.3. The molecular weight excluding hydrogens is 584 g/mol. The number of hydrogen-bond acceptors (Lipinski definition) is 8. The van der Waals surface area contributed by atoms with Gasteiger partial charge >= 0.3 is 23.9 Å². The van der Waals surface area contributed by atoms with E-state index >= 15 is 0 Å². The van der Waals surface area contributed by atoms with Crippen LogP contribution in [0.2, 0.25) is 0 Å². The van der Waals surface area contributed by atoms with Crippen molar-refractivity contribution in [1.82, 2.24) is 0 Å². The summed E-state index contributed by atoms with van der Waals surface area (Å²) in [5.74, 6) is -2.30. The SMILES string of the molecule is CCCCCCCCOC(=O)c1ccccc1C(=O)OCCCCCCCC.O=C(OOC(=O)c1ccccc1)c1ccccc1. The Balaban J connectivity index is 0.000000350. The monoisotopic (exact) mass is 632 g/mol. The number of hydrogen-bond donors (Lipinski definition) is 0. The van der Waals surface area contributed by atoms with Gasteiger partial charge in [0.25, 0.3) is 0 Å². The molecule has 8 heteroatoms. The lowest BCUT2D eigenvalue weighted by Gasteiger charge is -2.10. The molecule has 0 bridgehead atoms. The van der Waals surface area contributed by atoms with Crippen molar-refractivity contribution in [3.63, 3.8) is 0 Å². The first-order valence-corrected chi connectivity index (χ1v) is 16.4. The number of rotatable bonds is 18. The Morgan fingerprint density at radius 2 is 0.739 bits per heavy atom. The van der Waals surface area contributed by atoms with Crippen molar-refractivity contribution < 1.29 is 38.4 Å². The van der Waals surface area contributed by atoms with Crippen LogP contribution in [0.1, 0.15) is 132 Å². The van der Waals surface area contributed by atoms with Gasteiger partial charge in [0.1, 0.15) is 0 Å². The Kier molecular flexibility index (Phi) is 19.6. The van der Waals surface area contributed by atoms with Crippen molar-refractivity contribution in [1.29, 1.82) is 0 Å². The second-order valence-electron chi connectivity index (χ2n) is 10.8. The van der Waals surface area contributed by atoms with E-state index in [1.54, 1.807) is 84.9 Å². The van der Waals surface area contributed by atoms with E-state index in [2.05, 4.69) is 23.6 Å². The van der Waals surface area contributed by atoms with Crippen LogP contribution in [-0.4, -0.2) is 37.1 Å². The summed E-state index contributed by atoms with van der Waals surface area (Å²) in [5, 5.41) is 0. The summed E-state index contributed by atoms with van der Waals surface area (Å²) in [7, 11) is 0. The number of unbranched alkanes of at least 4 members (excludes halogenated alkanes) is 10. The molecule has 0 fully saturated rings. The minimum atomic E-state index is -0.708. The molecule has 0 saturated heterocycles. The molecule has 0 atom stereocenters. The Hall–Kier alpha value is -4.46. The van der Waals surface area contributed by atoms with Crippen LogP contribution < -0.4 is 0 Å². The molecule has 248 valence electrons. The molecular formula is C38H48O8. The molecule has 0 aromatic heterocycles. The highest BCUT2D eigenvalue weighted by atomic mass is 17.2.